The number of carbonyl (C=O) groups is 2. The van der Waals surface area contributed by atoms with Crippen molar-refractivity contribution in [2.75, 3.05) is 11.9 Å². The summed E-state index contributed by atoms with van der Waals surface area (Å²) >= 11 is 0. The Hall–Kier alpha value is -2.62. The molecule has 2 aromatic carbocycles. The van der Waals surface area contributed by atoms with Crippen molar-refractivity contribution in [1.29, 1.82) is 0 Å². The zero-order chi connectivity index (χ0) is 17.5. The third-order valence-corrected chi connectivity index (χ3v) is 3.97. The van der Waals surface area contributed by atoms with Gasteiger partial charge in [-0.15, -0.1) is 0 Å². The summed E-state index contributed by atoms with van der Waals surface area (Å²) in [5, 5.41) is 2.83. The molecule has 0 heterocycles. The molecule has 126 valence electrons. The number of anilines is 1. The van der Waals surface area contributed by atoms with Crippen molar-refractivity contribution in [2.24, 2.45) is 0 Å². The minimum atomic E-state index is -0.496. The van der Waals surface area contributed by atoms with Gasteiger partial charge in [0.25, 0.3) is 5.91 Å². The standard InChI is InChI=1S/C20H23NO3/c1-4-15(3)17-10-5-6-11-18(17)21-19(22)13-24-20(23)16-9-7-8-14(2)12-16/h5-12,15H,4,13H2,1-3H3,(H,21,22)/t15-/m1/s1. The van der Waals surface area contributed by atoms with Gasteiger partial charge in [-0.1, -0.05) is 49.7 Å². The van der Waals surface area contributed by atoms with Gasteiger partial charge in [0, 0.05) is 5.69 Å². The molecule has 0 radical (unpaired) electrons. The number of carbonyl (C=O) groups excluding carboxylic acids is 2. The fourth-order valence-corrected chi connectivity index (χ4v) is 2.43. The van der Waals surface area contributed by atoms with Crippen LogP contribution >= 0.6 is 0 Å². The Kier molecular flexibility index (Phi) is 6.13. The average Bonchev–Trinajstić information content (AvgIpc) is 2.59. The number of aryl methyl sites for hydroxylation is 1. The van der Waals surface area contributed by atoms with Crippen LogP contribution in [0, 0.1) is 6.92 Å². The third-order valence-electron chi connectivity index (χ3n) is 3.97. The van der Waals surface area contributed by atoms with Gasteiger partial charge in [-0.25, -0.2) is 4.79 Å². The van der Waals surface area contributed by atoms with Gasteiger partial charge < -0.3 is 10.1 Å². The first kappa shape index (κ1) is 17.7. The first-order chi connectivity index (χ1) is 11.5. The highest BCUT2D eigenvalue weighted by Gasteiger charge is 2.13. The number of amides is 1. The van der Waals surface area contributed by atoms with Crippen molar-refractivity contribution in [3.8, 4) is 0 Å². The maximum atomic E-state index is 12.1. The molecule has 0 bridgehead atoms. The second kappa shape index (κ2) is 8.29. The Balaban J connectivity index is 1.96. The topological polar surface area (TPSA) is 55.4 Å². The van der Waals surface area contributed by atoms with E-state index in [-0.39, 0.29) is 12.5 Å². The molecule has 0 aliphatic rings. The third kappa shape index (κ3) is 4.69. The molecule has 2 rings (SSSR count). The van der Waals surface area contributed by atoms with Gasteiger partial charge >= 0.3 is 5.97 Å². The van der Waals surface area contributed by atoms with Gasteiger partial charge in [-0.2, -0.15) is 0 Å². The van der Waals surface area contributed by atoms with Crippen molar-refractivity contribution < 1.29 is 14.3 Å². The zero-order valence-electron chi connectivity index (χ0n) is 14.3. The number of nitrogens with one attached hydrogen (secondary N) is 1. The Morgan fingerprint density at radius 2 is 1.88 bits per heavy atom. The fraction of sp³-hybridized carbons (Fsp3) is 0.300. The van der Waals surface area contributed by atoms with Crippen molar-refractivity contribution >= 4 is 17.6 Å². The van der Waals surface area contributed by atoms with E-state index in [1.807, 2.05) is 37.3 Å². The number of ether oxygens (including phenoxy) is 1. The molecule has 1 atom stereocenters. The summed E-state index contributed by atoms with van der Waals surface area (Å²) in [5.74, 6) is -0.493. The number of esters is 1. The molecule has 1 N–H and O–H groups in total. The molecule has 0 unspecified atom stereocenters. The van der Waals surface area contributed by atoms with E-state index in [2.05, 4.69) is 19.2 Å². The van der Waals surface area contributed by atoms with Crippen molar-refractivity contribution in [3.63, 3.8) is 0 Å². The van der Waals surface area contributed by atoms with Crippen LogP contribution < -0.4 is 5.32 Å². The molecular weight excluding hydrogens is 302 g/mol. The summed E-state index contributed by atoms with van der Waals surface area (Å²) < 4.78 is 5.09. The highest BCUT2D eigenvalue weighted by molar-refractivity contribution is 5.96. The van der Waals surface area contributed by atoms with Crippen LogP contribution in [-0.2, 0) is 9.53 Å². The molecule has 0 aliphatic heterocycles. The number of rotatable bonds is 6. The van der Waals surface area contributed by atoms with Crippen LogP contribution in [0.3, 0.4) is 0 Å². The Labute approximate surface area is 142 Å². The van der Waals surface area contributed by atoms with E-state index in [0.29, 0.717) is 11.5 Å². The van der Waals surface area contributed by atoms with Gasteiger partial charge in [0.05, 0.1) is 5.56 Å². The summed E-state index contributed by atoms with van der Waals surface area (Å²) in [6.45, 7) is 5.81. The normalized spacial score (nSPS) is 11.6. The van der Waals surface area contributed by atoms with E-state index in [1.54, 1.807) is 18.2 Å². The lowest BCUT2D eigenvalue weighted by atomic mass is 9.97. The highest BCUT2D eigenvalue weighted by Crippen LogP contribution is 2.26. The summed E-state index contributed by atoms with van der Waals surface area (Å²) in [6, 6.07) is 14.8. The molecular formula is C20H23NO3. The maximum Gasteiger partial charge on any atom is 0.338 e. The van der Waals surface area contributed by atoms with Crippen LogP contribution in [-0.4, -0.2) is 18.5 Å². The first-order valence-electron chi connectivity index (χ1n) is 8.13. The number of para-hydroxylation sites is 1. The first-order valence-corrected chi connectivity index (χ1v) is 8.13. The van der Waals surface area contributed by atoms with E-state index in [9.17, 15) is 9.59 Å². The summed E-state index contributed by atoms with van der Waals surface area (Å²) in [7, 11) is 0. The van der Waals surface area contributed by atoms with Crippen LogP contribution in [0.5, 0.6) is 0 Å². The zero-order valence-corrected chi connectivity index (χ0v) is 14.3. The molecule has 0 saturated heterocycles. The van der Waals surface area contributed by atoms with Gasteiger partial charge in [0.2, 0.25) is 0 Å². The molecule has 0 aromatic heterocycles. The molecule has 24 heavy (non-hydrogen) atoms. The Morgan fingerprint density at radius 1 is 1.12 bits per heavy atom. The summed E-state index contributed by atoms with van der Waals surface area (Å²) in [4.78, 5) is 24.1. The molecule has 4 heteroatoms. The predicted molar refractivity (Wildman–Crippen MR) is 95.2 cm³/mol. The van der Waals surface area contributed by atoms with Crippen molar-refractivity contribution in [2.45, 2.75) is 33.1 Å². The quantitative estimate of drug-likeness (QED) is 0.805. The van der Waals surface area contributed by atoms with Crippen LogP contribution in [0.4, 0.5) is 5.69 Å². The average molecular weight is 325 g/mol. The molecule has 1 amide bonds. The second-order valence-electron chi connectivity index (χ2n) is 5.89. The lowest BCUT2D eigenvalue weighted by Crippen LogP contribution is -2.21. The second-order valence-corrected chi connectivity index (χ2v) is 5.89. The van der Waals surface area contributed by atoms with Gasteiger partial charge in [0.1, 0.15) is 0 Å². The van der Waals surface area contributed by atoms with Crippen molar-refractivity contribution in [1.82, 2.24) is 0 Å². The van der Waals surface area contributed by atoms with Crippen LogP contribution in [0.15, 0.2) is 48.5 Å². The lowest BCUT2D eigenvalue weighted by molar-refractivity contribution is -0.119. The van der Waals surface area contributed by atoms with E-state index >= 15 is 0 Å². The van der Waals surface area contributed by atoms with E-state index in [0.717, 1.165) is 23.2 Å². The molecule has 4 nitrogen and oxygen atoms in total. The monoisotopic (exact) mass is 325 g/mol. The Morgan fingerprint density at radius 3 is 2.58 bits per heavy atom. The van der Waals surface area contributed by atoms with Gasteiger partial charge in [0.15, 0.2) is 6.61 Å². The molecule has 0 saturated carbocycles. The number of hydrogen-bond acceptors (Lipinski definition) is 3. The fourth-order valence-electron chi connectivity index (χ4n) is 2.43. The van der Waals surface area contributed by atoms with Crippen molar-refractivity contribution in [3.05, 3.63) is 65.2 Å². The van der Waals surface area contributed by atoms with E-state index in [1.165, 1.54) is 0 Å². The highest BCUT2D eigenvalue weighted by atomic mass is 16.5. The number of benzene rings is 2. The van der Waals surface area contributed by atoms with Crippen LogP contribution in [0.1, 0.15) is 47.7 Å². The molecule has 2 aromatic rings. The Bertz CT molecular complexity index is 724. The predicted octanol–water partition coefficient (Wildman–Crippen LogP) is 4.30. The minimum absolute atomic E-state index is 0.304. The smallest absolute Gasteiger partial charge is 0.338 e. The van der Waals surface area contributed by atoms with Gasteiger partial charge in [-0.05, 0) is 43.0 Å². The largest absolute Gasteiger partial charge is 0.452 e. The SMILES string of the molecule is CC[C@@H](C)c1ccccc1NC(=O)COC(=O)c1cccc(C)c1. The maximum absolute atomic E-state index is 12.1. The van der Waals surface area contributed by atoms with E-state index in [4.69, 9.17) is 4.74 Å². The minimum Gasteiger partial charge on any atom is -0.452 e. The van der Waals surface area contributed by atoms with Gasteiger partial charge in [-0.3, -0.25) is 4.79 Å². The molecule has 0 aliphatic carbocycles. The van der Waals surface area contributed by atoms with Crippen LogP contribution in [0.2, 0.25) is 0 Å². The van der Waals surface area contributed by atoms with E-state index < -0.39 is 5.97 Å². The molecule has 0 spiro atoms. The number of hydrogen-bond donors (Lipinski definition) is 1. The molecule has 0 fully saturated rings. The summed E-state index contributed by atoms with van der Waals surface area (Å²) in [6.07, 6.45) is 0.981. The van der Waals surface area contributed by atoms with Crippen LogP contribution in [0.25, 0.3) is 0 Å². The summed E-state index contributed by atoms with van der Waals surface area (Å²) in [5.41, 5.74) is 3.26. The lowest BCUT2D eigenvalue weighted by Gasteiger charge is -2.15.